The van der Waals surface area contributed by atoms with Gasteiger partial charge in [-0.25, -0.2) is 0 Å². The van der Waals surface area contributed by atoms with Gasteiger partial charge in [0.1, 0.15) is 0 Å². The van der Waals surface area contributed by atoms with Gasteiger partial charge in [-0.2, -0.15) is 13.2 Å². The Bertz CT molecular complexity index is 651. The first-order valence-corrected chi connectivity index (χ1v) is 7.35. The van der Waals surface area contributed by atoms with E-state index in [2.05, 4.69) is 24.1 Å². The van der Waals surface area contributed by atoms with Gasteiger partial charge < -0.3 is 10.2 Å². The van der Waals surface area contributed by atoms with E-state index in [1.54, 1.807) is 0 Å². The highest BCUT2D eigenvalue weighted by atomic mass is 19.4. The Morgan fingerprint density at radius 2 is 1.96 bits per heavy atom. The van der Waals surface area contributed by atoms with E-state index < -0.39 is 28.3 Å². The van der Waals surface area contributed by atoms with Gasteiger partial charge in [-0.3, -0.25) is 14.9 Å². The van der Waals surface area contributed by atoms with Crippen molar-refractivity contribution in [1.82, 2.24) is 10.2 Å². The van der Waals surface area contributed by atoms with Crippen molar-refractivity contribution in [3.8, 4) is 0 Å². The fraction of sp³-hybridized carbons (Fsp3) is 0.533. The first kappa shape index (κ1) is 18.2. The molecule has 132 valence electrons. The minimum absolute atomic E-state index is 0.242. The SMILES string of the molecule is CC1(C)CN(CCNC(=O)c2cc([N+](=O)[O-])cc(C(F)(F)F)c2)C1. The molecule has 9 heteroatoms. The van der Waals surface area contributed by atoms with E-state index in [4.69, 9.17) is 0 Å². The van der Waals surface area contributed by atoms with Crippen LogP contribution in [0.4, 0.5) is 18.9 Å². The Balaban J connectivity index is 2.03. The van der Waals surface area contributed by atoms with E-state index in [1.165, 1.54) is 0 Å². The molecule has 1 heterocycles. The number of nitrogens with zero attached hydrogens (tertiary/aromatic N) is 2. The second-order valence-electron chi connectivity index (χ2n) is 6.65. The maximum Gasteiger partial charge on any atom is 0.416 e. The maximum atomic E-state index is 12.8. The number of rotatable bonds is 5. The third-order valence-electron chi connectivity index (χ3n) is 3.73. The Morgan fingerprint density at radius 1 is 1.33 bits per heavy atom. The fourth-order valence-corrected chi connectivity index (χ4v) is 2.76. The summed E-state index contributed by atoms with van der Waals surface area (Å²) in [5.41, 5.74) is -2.11. The highest BCUT2D eigenvalue weighted by molar-refractivity contribution is 5.95. The zero-order valence-electron chi connectivity index (χ0n) is 13.3. The van der Waals surface area contributed by atoms with Crippen LogP contribution in [0.1, 0.15) is 29.8 Å². The molecule has 1 N–H and O–H groups in total. The molecule has 0 atom stereocenters. The summed E-state index contributed by atoms with van der Waals surface area (Å²) < 4.78 is 38.4. The zero-order valence-corrected chi connectivity index (χ0v) is 13.3. The largest absolute Gasteiger partial charge is 0.416 e. The lowest BCUT2D eigenvalue weighted by Gasteiger charge is -2.45. The van der Waals surface area contributed by atoms with Crippen molar-refractivity contribution < 1.29 is 22.9 Å². The van der Waals surface area contributed by atoms with Crippen molar-refractivity contribution in [2.24, 2.45) is 5.41 Å². The number of nitro groups is 1. The topological polar surface area (TPSA) is 75.5 Å². The van der Waals surface area contributed by atoms with Crippen LogP contribution in [-0.2, 0) is 6.18 Å². The molecule has 24 heavy (non-hydrogen) atoms. The van der Waals surface area contributed by atoms with Crippen molar-refractivity contribution in [1.29, 1.82) is 0 Å². The van der Waals surface area contributed by atoms with Crippen LogP contribution in [0.5, 0.6) is 0 Å². The second-order valence-corrected chi connectivity index (χ2v) is 6.65. The number of hydrogen-bond donors (Lipinski definition) is 1. The Hall–Kier alpha value is -2.16. The number of carbonyl (C=O) groups excluding carboxylic acids is 1. The molecule has 1 aromatic carbocycles. The summed E-state index contributed by atoms with van der Waals surface area (Å²) in [4.78, 5) is 23.9. The van der Waals surface area contributed by atoms with E-state index in [0.717, 1.165) is 19.2 Å². The van der Waals surface area contributed by atoms with Crippen molar-refractivity contribution >= 4 is 11.6 Å². The van der Waals surface area contributed by atoms with Crippen LogP contribution in [0.15, 0.2) is 18.2 Å². The quantitative estimate of drug-likeness (QED) is 0.658. The van der Waals surface area contributed by atoms with Crippen molar-refractivity contribution in [2.75, 3.05) is 26.2 Å². The van der Waals surface area contributed by atoms with E-state index >= 15 is 0 Å². The Kier molecular flexibility index (Phi) is 4.84. The van der Waals surface area contributed by atoms with Crippen LogP contribution >= 0.6 is 0 Å². The van der Waals surface area contributed by atoms with E-state index in [1.807, 2.05) is 0 Å². The van der Waals surface area contributed by atoms with Gasteiger partial charge >= 0.3 is 6.18 Å². The summed E-state index contributed by atoms with van der Waals surface area (Å²) in [6.45, 7) is 6.85. The standard InChI is InChI=1S/C15H18F3N3O3/c1-14(2)8-20(9-14)4-3-19-13(22)10-5-11(15(16,17)18)7-12(6-10)21(23)24/h5-7H,3-4,8-9H2,1-2H3,(H,19,22). The number of nitro benzene ring substituents is 1. The molecule has 0 saturated carbocycles. The maximum absolute atomic E-state index is 12.8. The number of likely N-dealkylation sites (tertiary alicyclic amines) is 1. The van der Waals surface area contributed by atoms with Crippen LogP contribution in [0.2, 0.25) is 0 Å². The molecule has 1 fully saturated rings. The van der Waals surface area contributed by atoms with Gasteiger partial charge in [0.25, 0.3) is 11.6 Å². The van der Waals surface area contributed by atoms with E-state index in [-0.39, 0.29) is 17.5 Å². The van der Waals surface area contributed by atoms with Crippen LogP contribution in [0.3, 0.4) is 0 Å². The summed E-state index contributed by atoms with van der Waals surface area (Å²) in [6.07, 6.45) is -4.76. The number of non-ortho nitro benzene ring substituents is 1. The lowest BCUT2D eigenvalue weighted by atomic mass is 9.84. The van der Waals surface area contributed by atoms with Gasteiger partial charge in [0.05, 0.1) is 10.5 Å². The number of halogens is 3. The van der Waals surface area contributed by atoms with Crippen LogP contribution in [0.25, 0.3) is 0 Å². The highest BCUT2D eigenvalue weighted by Crippen LogP contribution is 2.32. The molecule has 0 radical (unpaired) electrons. The number of nitrogens with one attached hydrogen (secondary N) is 1. The molecular formula is C15H18F3N3O3. The van der Waals surface area contributed by atoms with Crippen molar-refractivity contribution in [2.45, 2.75) is 20.0 Å². The molecule has 1 aliphatic heterocycles. The predicted octanol–water partition coefficient (Wildman–Crippen LogP) is 2.69. The molecule has 0 bridgehead atoms. The smallest absolute Gasteiger partial charge is 0.351 e. The number of amides is 1. The average Bonchev–Trinajstić information content (AvgIpc) is 2.43. The molecule has 1 amide bonds. The monoisotopic (exact) mass is 345 g/mol. The summed E-state index contributed by atoms with van der Waals surface area (Å²) >= 11 is 0. The fourth-order valence-electron chi connectivity index (χ4n) is 2.76. The summed E-state index contributed by atoms with van der Waals surface area (Å²) in [7, 11) is 0. The van der Waals surface area contributed by atoms with Gasteiger partial charge in [-0.1, -0.05) is 13.8 Å². The lowest BCUT2D eigenvalue weighted by molar-refractivity contribution is -0.385. The average molecular weight is 345 g/mol. The molecule has 0 aromatic heterocycles. The number of benzene rings is 1. The van der Waals surface area contributed by atoms with Crippen LogP contribution < -0.4 is 5.32 Å². The van der Waals surface area contributed by atoms with E-state index in [9.17, 15) is 28.1 Å². The van der Waals surface area contributed by atoms with Gasteiger partial charge in [-0.05, 0) is 11.5 Å². The first-order chi connectivity index (χ1) is 11.0. The first-order valence-electron chi connectivity index (χ1n) is 7.35. The third kappa shape index (κ3) is 4.44. The van der Waals surface area contributed by atoms with Crippen LogP contribution in [0, 0.1) is 15.5 Å². The Labute approximate surface area is 136 Å². The third-order valence-corrected chi connectivity index (χ3v) is 3.73. The molecule has 6 nitrogen and oxygen atoms in total. The highest BCUT2D eigenvalue weighted by Gasteiger charge is 2.34. The summed E-state index contributed by atoms with van der Waals surface area (Å²) in [6, 6.07) is 1.88. The minimum Gasteiger partial charge on any atom is -0.351 e. The van der Waals surface area contributed by atoms with E-state index in [0.29, 0.717) is 18.7 Å². The lowest BCUT2D eigenvalue weighted by Crippen LogP contribution is -2.54. The van der Waals surface area contributed by atoms with Gasteiger partial charge in [0.15, 0.2) is 0 Å². The zero-order chi connectivity index (χ0) is 18.1. The molecule has 2 rings (SSSR count). The van der Waals surface area contributed by atoms with Crippen LogP contribution in [-0.4, -0.2) is 41.9 Å². The molecular weight excluding hydrogens is 327 g/mol. The van der Waals surface area contributed by atoms with Gasteiger partial charge in [0.2, 0.25) is 0 Å². The molecule has 0 unspecified atom stereocenters. The van der Waals surface area contributed by atoms with Gasteiger partial charge in [-0.15, -0.1) is 0 Å². The molecule has 1 aliphatic rings. The second kappa shape index (κ2) is 6.39. The molecule has 0 aliphatic carbocycles. The predicted molar refractivity (Wildman–Crippen MR) is 80.7 cm³/mol. The Morgan fingerprint density at radius 3 is 2.46 bits per heavy atom. The molecule has 0 spiro atoms. The van der Waals surface area contributed by atoms with Gasteiger partial charge in [0, 0.05) is 43.9 Å². The molecule has 1 aromatic rings. The summed E-state index contributed by atoms with van der Waals surface area (Å²) in [5, 5.41) is 13.3. The summed E-state index contributed by atoms with van der Waals surface area (Å²) in [5.74, 6) is -0.760. The minimum atomic E-state index is -4.76. The normalized spacial score (nSPS) is 17.2. The number of hydrogen-bond acceptors (Lipinski definition) is 4. The van der Waals surface area contributed by atoms with Crippen molar-refractivity contribution in [3.63, 3.8) is 0 Å². The number of alkyl halides is 3. The number of carbonyl (C=O) groups is 1. The van der Waals surface area contributed by atoms with Crippen molar-refractivity contribution in [3.05, 3.63) is 39.4 Å². The molecule has 1 saturated heterocycles.